The van der Waals surface area contributed by atoms with Gasteiger partial charge in [0.05, 0.1) is 6.07 Å². The zero-order chi connectivity index (χ0) is 14.8. The van der Waals surface area contributed by atoms with Gasteiger partial charge in [0, 0.05) is 25.2 Å². The molecule has 20 heavy (non-hydrogen) atoms. The second-order valence-electron chi connectivity index (χ2n) is 5.74. The molecular weight excluding hydrogens is 276 g/mol. The van der Waals surface area contributed by atoms with Crippen molar-refractivity contribution in [3.8, 4) is 6.07 Å². The highest BCUT2D eigenvalue weighted by Crippen LogP contribution is 2.24. The summed E-state index contributed by atoms with van der Waals surface area (Å²) in [6.07, 6.45) is 3.17. The lowest BCUT2D eigenvalue weighted by atomic mass is 10.0. The Balaban J connectivity index is 1.97. The Morgan fingerprint density at radius 1 is 1.30 bits per heavy atom. The van der Waals surface area contributed by atoms with Gasteiger partial charge < -0.3 is 5.73 Å². The van der Waals surface area contributed by atoms with Gasteiger partial charge in [0.2, 0.25) is 10.0 Å². The van der Waals surface area contributed by atoms with Crippen LogP contribution in [0.4, 0.5) is 0 Å². The van der Waals surface area contributed by atoms with E-state index >= 15 is 0 Å². The van der Waals surface area contributed by atoms with Gasteiger partial charge in [-0.3, -0.25) is 4.90 Å². The fourth-order valence-electron chi connectivity index (χ4n) is 3.07. The smallest absolute Gasteiger partial charge is 0.230 e. The highest BCUT2D eigenvalue weighted by atomic mass is 32.2. The van der Waals surface area contributed by atoms with Gasteiger partial charge in [-0.05, 0) is 38.8 Å². The van der Waals surface area contributed by atoms with Crippen molar-refractivity contribution in [2.24, 2.45) is 5.73 Å². The van der Waals surface area contributed by atoms with Crippen LogP contribution in [0.5, 0.6) is 0 Å². The van der Waals surface area contributed by atoms with E-state index in [4.69, 9.17) is 11.0 Å². The molecule has 0 aliphatic carbocycles. The number of hydrogen-bond donors (Lipinski definition) is 1. The van der Waals surface area contributed by atoms with E-state index in [1.165, 1.54) is 4.31 Å². The van der Waals surface area contributed by atoms with Gasteiger partial charge >= 0.3 is 0 Å². The fourth-order valence-corrected chi connectivity index (χ4v) is 4.73. The first-order valence-electron chi connectivity index (χ1n) is 7.37. The van der Waals surface area contributed by atoms with E-state index in [9.17, 15) is 8.42 Å². The van der Waals surface area contributed by atoms with Crippen LogP contribution >= 0.6 is 0 Å². The summed E-state index contributed by atoms with van der Waals surface area (Å²) in [5.41, 5.74) is 5.90. The highest BCUT2D eigenvalue weighted by molar-refractivity contribution is 7.90. The predicted molar refractivity (Wildman–Crippen MR) is 77.4 cm³/mol. The zero-order valence-electron chi connectivity index (χ0n) is 12.0. The van der Waals surface area contributed by atoms with Crippen molar-refractivity contribution < 1.29 is 8.42 Å². The van der Waals surface area contributed by atoms with E-state index in [1.54, 1.807) is 6.92 Å². The van der Waals surface area contributed by atoms with E-state index in [2.05, 4.69) is 4.90 Å². The second-order valence-corrected chi connectivity index (χ2v) is 7.86. The van der Waals surface area contributed by atoms with Gasteiger partial charge in [-0.25, -0.2) is 8.42 Å². The molecule has 2 unspecified atom stereocenters. The van der Waals surface area contributed by atoms with Crippen LogP contribution < -0.4 is 5.73 Å². The van der Waals surface area contributed by atoms with Gasteiger partial charge in [0.1, 0.15) is 0 Å². The number of likely N-dealkylation sites (tertiary alicyclic amines) is 1. The van der Waals surface area contributed by atoms with Gasteiger partial charge in [-0.2, -0.15) is 9.57 Å². The van der Waals surface area contributed by atoms with Gasteiger partial charge in [0.25, 0.3) is 0 Å². The molecule has 114 valence electrons. The van der Waals surface area contributed by atoms with E-state index in [0.29, 0.717) is 19.5 Å². The second kappa shape index (κ2) is 6.39. The largest absolute Gasteiger partial charge is 0.328 e. The molecule has 2 N–H and O–H groups in total. The number of piperidine rings is 1. The lowest BCUT2D eigenvalue weighted by molar-refractivity contribution is 0.159. The van der Waals surface area contributed by atoms with Crippen LogP contribution in [0.15, 0.2) is 0 Å². The van der Waals surface area contributed by atoms with Crippen LogP contribution in [0.2, 0.25) is 0 Å². The van der Waals surface area contributed by atoms with Crippen LogP contribution in [-0.2, 0) is 10.0 Å². The van der Waals surface area contributed by atoms with Crippen LogP contribution in [0.25, 0.3) is 0 Å². The minimum atomic E-state index is -3.46. The average molecular weight is 300 g/mol. The molecule has 0 aromatic rings. The SMILES string of the molecule is CCC(C#N)S(=O)(=O)N1CCC(N2CCC(N)CC2)C1. The Bertz CT molecular complexity index is 465. The van der Waals surface area contributed by atoms with Crippen molar-refractivity contribution in [3.05, 3.63) is 0 Å². The monoisotopic (exact) mass is 300 g/mol. The molecular formula is C13H24N4O2S. The number of hydrogen-bond acceptors (Lipinski definition) is 5. The molecule has 0 spiro atoms. The predicted octanol–water partition coefficient (Wildman–Crippen LogP) is 0.116. The van der Waals surface area contributed by atoms with Crippen LogP contribution in [0.3, 0.4) is 0 Å². The van der Waals surface area contributed by atoms with Gasteiger partial charge in [-0.1, -0.05) is 6.92 Å². The van der Waals surface area contributed by atoms with Crippen LogP contribution in [0, 0.1) is 11.3 Å². The summed E-state index contributed by atoms with van der Waals surface area (Å²) in [4.78, 5) is 2.35. The first-order chi connectivity index (χ1) is 9.48. The van der Waals surface area contributed by atoms with Crippen LogP contribution in [0.1, 0.15) is 32.6 Å². The molecule has 0 saturated carbocycles. The molecule has 2 rings (SSSR count). The molecule has 2 aliphatic rings. The molecule has 0 radical (unpaired) electrons. The van der Waals surface area contributed by atoms with Gasteiger partial charge in [-0.15, -0.1) is 0 Å². The van der Waals surface area contributed by atoms with E-state index < -0.39 is 15.3 Å². The molecule has 2 saturated heterocycles. The van der Waals surface area contributed by atoms with Crippen molar-refractivity contribution in [2.75, 3.05) is 26.2 Å². The fraction of sp³-hybridized carbons (Fsp3) is 0.923. The third-order valence-corrected chi connectivity index (χ3v) is 6.66. The van der Waals surface area contributed by atoms with Crippen molar-refractivity contribution in [2.45, 2.75) is 49.9 Å². The topological polar surface area (TPSA) is 90.4 Å². The maximum Gasteiger partial charge on any atom is 0.230 e. The number of nitrogens with zero attached hydrogens (tertiary/aromatic N) is 3. The van der Waals surface area contributed by atoms with Crippen molar-refractivity contribution in [1.29, 1.82) is 5.26 Å². The van der Waals surface area contributed by atoms with Crippen LogP contribution in [-0.4, -0.2) is 61.1 Å². The molecule has 2 heterocycles. The Morgan fingerprint density at radius 3 is 2.50 bits per heavy atom. The van der Waals surface area contributed by atoms with Crippen molar-refractivity contribution in [3.63, 3.8) is 0 Å². The third kappa shape index (κ3) is 3.14. The summed E-state index contributed by atoms with van der Waals surface area (Å²) >= 11 is 0. The molecule has 0 bridgehead atoms. The third-order valence-electron chi connectivity index (χ3n) is 4.45. The Kier molecular flexibility index (Phi) is 5.02. The maximum absolute atomic E-state index is 12.3. The first-order valence-corrected chi connectivity index (χ1v) is 8.87. The number of rotatable bonds is 4. The summed E-state index contributed by atoms with van der Waals surface area (Å²) in [6, 6.07) is 2.48. The zero-order valence-corrected chi connectivity index (χ0v) is 12.8. The van der Waals surface area contributed by atoms with E-state index in [0.717, 1.165) is 32.4 Å². The lowest BCUT2D eigenvalue weighted by Gasteiger charge is -2.34. The standard InChI is InChI=1S/C13H24N4O2S/c1-2-13(9-14)20(18,19)17-8-5-12(10-17)16-6-3-11(15)4-7-16/h11-13H,2-8,10,15H2,1H3. The van der Waals surface area contributed by atoms with Crippen molar-refractivity contribution >= 4 is 10.0 Å². The molecule has 6 nitrogen and oxygen atoms in total. The summed E-state index contributed by atoms with van der Waals surface area (Å²) in [5.74, 6) is 0. The number of nitriles is 1. The maximum atomic E-state index is 12.3. The summed E-state index contributed by atoms with van der Waals surface area (Å²) in [5, 5.41) is 8.08. The first kappa shape index (κ1) is 15.7. The molecule has 0 aromatic heterocycles. The van der Waals surface area contributed by atoms with Gasteiger partial charge in [0.15, 0.2) is 5.25 Å². The molecule has 0 aromatic carbocycles. The minimum Gasteiger partial charge on any atom is -0.328 e. The molecule has 0 amide bonds. The lowest BCUT2D eigenvalue weighted by Crippen LogP contribution is -2.46. The molecule has 2 aliphatic heterocycles. The Morgan fingerprint density at radius 2 is 1.95 bits per heavy atom. The molecule has 7 heteroatoms. The average Bonchev–Trinajstić information content (AvgIpc) is 2.91. The quantitative estimate of drug-likeness (QED) is 0.796. The normalized spacial score (nSPS) is 28.4. The summed E-state index contributed by atoms with van der Waals surface area (Å²) in [6.45, 7) is 4.71. The molecule has 2 atom stereocenters. The molecule has 2 fully saturated rings. The Labute approximate surface area is 121 Å². The number of sulfonamides is 1. The number of nitrogens with two attached hydrogens (primary N) is 1. The summed E-state index contributed by atoms with van der Waals surface area (Å²) in [7, 11) is -3.46. The highest BCUT2D eigenvalue weighted by Gasteiger charge is 2.38. The Hall–Kier alpha value is -0.680. The summed E-state index contributed by atoms with van der Waals surface area (Å²) < 4.78 is 26.2. The van der Waals surface area contributed by atoms with E-state index in [1.807, 2.05) is 6.07 Å². The van der Waals surface area contributed by atoms with Crippen molar-refractivity contribution in [1.82, 2.24) is 9.21 Å². The van der Waals surface area contributed by atoms with E-state index in [-0.39, 0.29) is 12.1 Å². The minimum absolute atomic E-state index is 0.286.